The fourth-order valence-electron chi connectivity index (χ4n) is 3.20. The van der Waals surface area contributed by atoms with E-state index < -0.39 is 0 Å². The number of imidazole rings is 1. The molecular formula is C20H16BrN3O2. The van der Waals surface area contributed by atoms with E-state index in [4.69, 9.17) is 0 Å². The zero-order valence-corrected chi connectivity index (χ0v) is 15.8. The molecule has 4 aromatic rings. The summed E-state index contributed by atoms with van der Waals surface area (Å²) in [6.07, 6.45) is 1.89. The molecule has 2 heterocycles. The average molecular weight is 410 g/mol. The lowest BCUT2D eigenvalue weighted by molar-refractivity contribution is 0.102. The first-order valence-electron chi connectivity index (χ1n) is 8.12. The maximum Gasteiger partial charge on any atom is 0.274 e. The number of phenols is 1. The number of aromatic hydroxyl groups is 1. The standard InChI is InChI=1S/C20H16BrN3O2/c1-11-9-15(21)19-22-12(2)18(24(19)10-11)20(26)23-16-7-3-6-14-13(16)5-4-8-17(14)25/h3-10,25H,1-2H3,(H,23,26). The molecular weight excluding hydrogens is 394 g/mol. The minimum atomic E-state index is -0.247. The number of anilines is 1. The number of amides is 1. The molecule has 4 rings (SSSR count). The van der Waals surface area contributed by atoms with Crippen LogP contribution in [0.5, 0.6) is 5.75 Å². The lowest BCUT2D eigenvalue weighted by atomic mass is 10.1. The molecule has 0 aliphatic heterocycles. The molecule has 2 aromatic heterocycles. The van der Waals surface area contributed by atoms with Crippen LogP contribution in [0.1, 0.15) is 21.7 Å². The van der Waals surface area contributed by atoms with Crippen LogP contribution in [0.25, 0.3) is 16.4 Å². The van der Waals surface area contributed by atoms with Crippen molar-refractivity contribution in [3.05, 3.63) is 70.1 Å². The van der Waals surface area contributed by atoms with Crippen LogP contribution in [-0.4, -0.2) is 20.4 Å². The van der Waals surface area contributed by atoms with Crippen molar-refractivity contribution in [2.24, 2.45) is 0 Å². The summed E-state index contributed by atoms with van der Waals surface area (Å²) in [5.74, 6) is -0.0625. The predicted molar refractivity (Wildman–Crippen MR) is 106 cm³/mol. The van der Waals surface area contributed by atoms with Gasteiger partial charge >= 0.3 is 0 Å². The number of carbonyl (C=O) groups excluding carboxylic acids is 1. The molecule has 0 bridgehead atoms. The Kier molecular flexibility index (Phi) is 3.92. The second kappa shape index (κ2) is 6.14. The van der Waals surface area contributed by atoms with Crippen molar-refractivity contribution in [2.45, 2.75) is 13.8 Å². The Balaban J connectivity index is 1.82. The van der Waals surface area contributed by atoms with Crippen LogP contribution in [0, 0.1) is 13.8 Å². The summed E-state index contributed by atoms with van der Waals surface area (Å²) in [5, 5.41) is 14.5. The van der Waals surface area contributed by atoms with Gasteiger partial charge in [-0.05, 0) is 53.5 Å². The number of halogens is 1. The SMILES string of the molecule is Cc1cc(Br)c2nc(C)c(C(=O)Nc3cccc4c(O)cccc34)n2c1. The molecule has 0 unspecified atom stereocenters. The number of carbonyl (C=O) groups is 1. The van der Waals surface area contributed by atoms with E-state index in [1.807, 2.05) is 44.3 Å². The van der Waals surface area contributed by atoms with E-state index in [-0.39, 0.29) is 11.7 Å². The molecule has 0 saturated carbocycles. The Bertz CT molecular complexity index is 1180. The molecule has 0 spiro atoms. The van der Waals surface area contributed by atoms with Gasteiger partial charge in [0.05, 0.1) is 10.2 Å². The van der Waals surface area contributed by atoms with Crippen molar-refractivity contribution < 1.29 is 9.90 Å². The summed E-state index contributed by atoms with van der Waals surface area (Å²) in [4.78, 5) is 17.5. The van der Waals surface area contributed by atoms with Gasteiger partial charge in [-0.2, -0.15) is 0 Å². The number of phenolic OH excluding ortho intramolecular Hbond substituents is 1. The van der Waals surface area contributed by atoms with Gasteiger partial charge in [-0.1, -0.05) is 24.3 Å². The Hall–Kier alpha value is -2.86. The number of fused-ring (bicyclic) bond motifs is 2. The molecule has 130 valence electrons. The number of hydrogen-bond donors (Lipinski definition) is 2. The molecule has 5 nitrogen and oxygen atoms in total. The number of rotatable bonds is 2. The first-order valence-corrected chi connectivity index (χ1v) is 8.92. The average Bonchev–Trinajstić information content (AvgIpc) is 2.92. The lowest BCUT2D eigenvalue weighted by Gasteiger charge is -2.10. The van der Waals surface area contributed by atoms with Crippen molar-refractivity contribution in [1.29, 1.82) is 0 Å². The lowest BCUT2D eigenvalue weighted by Crippen LogP contribution is -2.16. The van der Waals surface area contributed by atoms with E-state index in [0.717, 1.165) is 15.4 Å². The second-order valence-corrected chi connectivity index (χ2v) is 7.09. The Labute approximate surface area is 158 Å². The number of hydrogen-bond acceptors (Lipinski definition) is 3. The molecule has 26 heavy (non-hydrogen) atoms. The van der Waals surface area contributed by atoms with E-state index in [2.05, 4.69) is 26.2 Å². The van der Waals surface area contributed by atoms with Crippen molar-refractivity contribution in [1.82, 2.24) is 9.38 Å². The summed E-state index contributed by atoms with van der Waals surface area (Å²) >= 11 is 3.51. The topological polar surface area (TPSA) is 66.6 Å². The zero-order chi connectivity index (χ0) is 18.4. The minimum Gasteiger partial charge on any atom is -0.507 e. The molecule has 0 radical (unpaired) electrons. The quantitative estimate of drug-likeness (QED) is 0.498. The smallest absolute Gasteiger partial charge is 0.274 e. The van der Waals surface area contributed by atoms with Crippen LogP contribution >= 0.6 is 15.9 Å². The van der Waals surface area contributed by atoms with Crippen molar-refractivity contribution >= 4 is 43.9 Å². The van der Waals surface area contributed by atoms with Crippen LogP contribution in [0.4, 0.5) is 5.69 Å². The molecule has 0 atom stereocenters. The molecule has 2 aromatic carbocycles. The summed E-state index contributed by atoms with van der Waals surface area (Å²) in [6, 6.07) is 12.7. The van der Waals surface area contributed by atoms with Crippen molar-refractivity contribution in [3.8, 4) is 5.75 Å². The van der Waals surface area contributed by atoms with E-state index in [9.17, 15) is 9.90 Å². The third-order valence-corrected chi connectivity index (χ3v) is 4.93. The molecule has 0 aliphatic rings. The number of aryl methyl sites for hydroxylation is 2. The van der Waals surface area contributed by atoms with Gasteiger partial charge in [0.15, 0.2) is 5.65 Å². The highest BCUT2D eigenvalue weighted by Crippen LogP contribution is 2.30. The summed E-state index contributed by atoms with van der Waals surface area (Å²) in [7, 11) is 0. The number of nitrogens with zero attached hydrogens (tertiary/aromatic N) is 2. The molecule has 0 fully saturated rings. The van der Waals surface area contributed by atoms with Crippen molar-refractivity contribution in [3.63, 3.8) is 0 Å². The third-order valence-electron chi connectivity index (χ3n) is 4.35. The molecule has 6 heteroatoms. The Morgan fingerprint density at radius 2 is 1.88 bits per heavy atom. The zero-order valence-electron chi connectivity index (χ0n) is 14.2. The van der Waals surface area contributed by atoms with Gasteiger partial charge in [-0.3, -0.25) is 9.20 Å². The van der Waals surface area contributed by atoms with Gasteiger partial charge < -0.3 is 10.4 Å². The highest BCUT2D eigenvalue weighted by molar-refractivity contribution is 9.10. The van der Waals surface area contributed by atoms with Crippen molar-refractivity contribution in [2.75, 3.05) is 5.32 Å². The van der Waals surface area contributed by atoms with Crippen LogP contribution < -0.4 is 5.32 Å². The maximum atomic E-state index is 13.0. The van der Waals surface area contributed by atoms with Gasteiger partial charge in [-0.25, -0.2) is 4.98 Å². The summed E-state index contributed by atoms with van der Waals surface area (Å²) < 4.78 is 2.64. The molecule has 1 amide bonds. The Morgan fingerprint density at radius 3 is 2.69 bits per heavy atom. The highest BCUT2D eigenvalue weighted by Gasteiger charge is 2.19. The number of benzene rings is 2. The number of nitrogens with one attached hydrogen (secondary N) is 1. The van der Waals surface area contributed by atoms with Crippen LogP contribution in [0.15, 0.2) is 53.1 Å². The third kappa shape index (κ3) is 2.63. The number of pyridine rings is 1. The van der Waals surface area contributed by atoms with Gasteiger partial charge in [0.1, 0.15) is 11.4 Å². The van der Waals surface area contributed by atoms with Gasteiger partial charge in [0.2, 0.25) is 0 Å². The molecule has 2 N–H and O–H groups in total. The first-order chi connectivity index (χ1) is 12.5. The van der Waals surface area contributed by atoms with Crippen LogP contribution in [-0.2, 0) is 0 Å². The first kappa shape index (κ1) is 16.6. The fraction of sp³-hybridized carbons (Fsp3) is 0.100. The monoisotopic (exact) mass is 409 g/mol. The van der Waals surface area contributed by atoms with Gasteiger partial charge in [-0.15, -0.1) is 0 Å². The maximum absolute atomic E-state index is 13.0. The Morgan fingerprint density at radius 1 is 1.15 bits per heavy atom. The largest absolute Gasteiger partial charge is 0.507 e. The van der Waals surface area contributed by atoms with Gasteiger partial charge in [0.25, 0.3) is 5.91 Å². The van der Waals surface area contributed by atoms with Crippen LogP contribution in [0.2, 0.25) is 0 Å². The second-order valence-electron chi connectivity index (χ2n) is 6.24. The predicted octanol–water partition coefficient (Wildman–Crippen LogP) is 4.82. The molecule has 0 aliphatic carbocycles. The normalized spacial score (nSPS) is 11.2. The highest BCUT2D eigenvalue weighted by atomic mass is 79.9. The van der Waals surface area contributed by atoms with Crippen LogP contribution in [0.3, 0.4) is 0 Å². The van der Waals surface area contributed by atoms with Gasteiger partial charge in [0, 0.05) is 22.7 Å². The summed E-state index contributed by atoms with van der Waals surface area (Å²) in [6.45, 7) is 3.79. The molecule has 0 saturated heterocycles. The fourth-order valence-corrected chi connectivity index (χ4v) is 3.84. The van der Waals surface area contributed by atoms with E-state index in [1.165, 1.54) is 0 Å². The minimum absolute atomic E-state index is 0.184. The van der Waals surface area contributed by atoms with E-state index in [1.54, 1.807) is 22.6 Å². The summed E-state index contributed by atoms with van der Waals surface area (Å²) in [5.41, 5.74) is 3.50. The number of aromatic nitrogens is 2. The van der Waals surface area contributed by atoms with E-state index >= 15 is 0 Å². The van der Waals surface area contributed by atoms with E-state index in [0.29, 0.717) is 28.1 Å².